The summed E-state index contributed by atoms with van der Waals surface area (Å²) < 4.78 is 0. The first-order chi connectivity index (χ1) is 8.29. The highest BCUT2D eigenvalue weighted by atomic mass is 16.2. The zero-order valence-electron chi connectivity index (χ0n) is 10.1. The maximum absolute atomic E-state index is 12.3. The van der Waals surface area contributed by atoms with Crippen molar-refractivity contribution in [2.24, 2.45) is 0 Å². The fraction of sp³-hybridized carbons (Fsp3) is 0.400. The van der Waals surface area contributed by atoms with E-state index in [9.17, 15) is 4.79 Å². The second-order valence-electron chi connectivity index (χ2n) is 4.94. The van der Waals surface area contributed by atoms with Gasteiger partial charge in [0.2, 0.25) is 0 Å². The van der Waals surface area contributed by atoms with Crippen molar-refractivity contribution in [3.8, 4) is 0 Å². The van der Waals surface area contributed by atoms with E-state index in [0.29, 0.717) is 6.04 Å². The minimum Gasteiger partial charge on any atom is -0.335 e. The van der Waals surface area contributed by atoms with E-state index in [1.807, 2.05) is 42.3 Å². The van der Waals surface area contributed by atoms with Gasteiger partial charge in [-0.2, -0.15) is 0 Å². The Balaban J connectivity index is 2.10. The van der Waals surface area contributed by atoms with Gasteiger partial charge in [-0.1, -0.05) is 36.8 Å². The van der Waals surface area contributed by atoms with Gasteiger partial charge in [0, 0.05) is 12.6 Å². The van der Waals surface area contributed by atoms with Crippen molar-refractivity contribution in [1.82, 2.24) is 4.90 Å². The van der Waals surface area contributed by atoms with Crippen molar-refractivity contribution in [2.45, 2.75) is 31.7 Å². The van der Waals surface area contributed by atoms with Gasteiger partial charge in [-0.05, 0) is 30.4 Å². The number of nitrogens with zero attached hydrogens (tertiary/aromatic N) is 1. The average molecular weight is 227 g/mol. The smallest absolute Gasteiger partial charge is 0.254 e. The molecule has 1 aliphatic carbocycles. The Bertz CT molecular complexity index is 475. The molecule has 0 N–H and O–H groups in total. The lowest BCUT2D eigenvalue weighted by atomic mass is 9.87. The summed E-state index contributed by atoms with van der Waals surface area (Å²) in [6.45, 7) is 0. The number of benzene rings is 1. The first-order valence-corrected chi connectivity index (χ1v) is 6.34. The Morgan fingerprint density at radius 2 is 1.94 bits per heavy atom. The standard InChI is InChI=1S/C15H17NO/c1-16-13-10-6-5-9-12(13)14(15(16)17)11-7-3-2-4-8-11/h2-4,7-8,13H,5-6,9-10H2,1H3. The molecule has 1 aromatic carbocycles. The molecule has 2 nitrogen and oxygen atoms in total. The third-order valence-electron chi connectivity index (χ3n) is 3.96. The van der Waals surface area contributed by atoms with E-state index in [0.717, 1.165) is 24.0 Å². The molecule has 1 saturated carbocycles. The van der Waals surface area contributed by atoms with E-state index in [4.69, 9.17) is 0 Å². The van der Waals surface area contributed by atoms with Crippen LogP contribution in [-0.4, -0.2) is 23.9 Å². The monoisotopic (exact) mass is 227 g/mol. The van der Waals surface area contributed by atoms with Crippen LogP contribution in [0.1, 0.15) is 31.2 Å². The molecule has 2 heteroatoms. The van der Waals surface area contributed by atoms with E-state index in [-0.39, 0.29) is 5.91 Å². The number of amides is 1. The van der Waals surface area contributed by atoms with Gasteiger partial charge in [-0.3, -0.25) is 4.79 Å². The molecular weight excluding hydrogens is 210 g/mol. The van der Waals surface area contributed by atoms with E-state index in [2.05, 4.69) is 0 Å². The summed E-state index contributed by atoms with van der Waals surface area (Å²) in [5, 5.41) is 0. The first kappa shape index (κ1) is 10.6. The topological polar surface area (TPSA) is 20.3 Å². The van der Waals surface area contributed by atoms with Crippen molar-refractivity contribution in [2.75, 3.05) is 7.05 Å². The number of carbonyl (C=O) groups excluding carboxylic acids is 1. The summed E-state index contributed by atoms with van der Waals surface area (Å²) in [7, 11) is 1.94. The van der Waals surface area contributed by atoms with Gasteiger partial charge in [0.1, 0.15) is 0 Å². The van der Waals surface area contributed by atoms with Crippen LogP contribution in [0, 0.1) is 0 Å². The summed E-state index contributed by atoms with van der Waals surface area (Å²) in [4.78, 5) is 14.3. The molecule has 3 rings (SSSR count). The molecule has 0 aromatic heterocycles. The fourth-order valence-electron chi connectivity index (χ4n) is 3.08. The quantitative estimate of drug-likeness (QED) is 0.722. The van der Waals surface area contributed by atoms with Crippen LogP contribution in [0.15, 0.2) is 35.9 Å². The molecule has 1 aromatic rings. The Morgan fingerprint density at radius 1 is 1.18 bits per heavy atom. The lowest BCUT2D eigenvalue weighted by molar-refractivity contribution is -0.124. The molecule has 0 radical (unpaired) electrons. The Hall–Kier alpha value is -1.57. The largest absolute Gasteiger partial charge is 0.335 e. The third kappa shape index (κ3) is 1.59. The Kier molecular flexibility index (Phi) is 2.50. The van der Waals surface area contributed by atoms with Gasteiger partial charge in [0.25, 0.3) is 5.91 Å². The minimum absolute atomic E-state index is 0.207. The SMILES string of the molecule is CN1C(=O)C(c2ccccc2)=C2CCCCC21. The number of rotatable bonds is 1. The van der Waals surface area contributed by atoms with Crippen LogP contribution in [0.2, 0.25) is 0 Å². The van der Waals surface area contributed by atoms with Crippen molar-refractivity contribution >= 4 is 11.5 Å². The maximum Gasteiger partial charge on any atom is 0.254 e. The van der Waals surface area contributed by atoms with E-state index < -0.39 is 0 Å². The molecule has 0 saturated heterocycles. The zero-order chi connectivity index (χ0) is 11.8. The second kappa shape index (κ2) is 4.02. The predicted molar refractivity (Wildman–Crippen MR) is 68.4 cm³/mol. The van der Waals surface area contributed by atoms with Crippen molar-refractivity contribution in [3.05, 3.63) is 41.5 Å². The van der Waals surface area contributed by atoms with Gasteiger partial charge in [-0.25, -0.2) is 0 Å². The predicted octanol–water partition coefficient (Wildman–Crippen LogP) is 2.85. The van der Waals surface area contributed by atoms with E-state index in [1.54, 1.807) is 0 Å². The van der Waals surface area contributed by atoms with Crippen LogP contribution < -0.4 is 0 Å². The lowest BCUT2D eigenvalue weighted by Crippen LogP contribution is -2.32. The van der Waals surface area contributed by atoms with Crippen LogP contribution >= 0.6 is 0 Å². The summed E-state index contributed by atoms with van der Waals surface area (Å²) in [6.07, 6.45) is 4.69. The van der Waals surface area contributed by atoms with Gasteiger partial charge in [0.15, 0.2) is 0 Å². The lowest BCUT2D eigenvalue weighted by Gasteiger charge is -2.26. The minimum atomic E-state index is 0.207. The average Bonchev–Trinajstić information content (AvgIpc) is 2.64. The zero-order valence-corrected chi connectivity index (χ0v) is 10.1. The van der Waals surface area contributed by atoms with Crippen LogP contribution in [0.4, 0.5) is 0 Å². The van der Waals surface area contributed by atoms with Gasteiger partial charge >= 0.3 is 0 Å². The number of hydrogen-bond donors (Lipinski definition) is 0. The van der Waals surface area contributed by atoms with Crippen LogP contribution in [0.25, 0.3) is 5.57 Å². The normalized spacial score (nSPS) is 24.2. The van der Waals surface area contributed by atoms with Gasteiger partial charge in [-0.15, -0.1) is 0 Å². The molecule has 1 aliphatic heterocycles. The van der Waals surface area contributed by atoms with Gasteiger partial charge < -0.3 is 4.90 Å². The fourth-order valence-corrected chi connectivity index (χ4v) is 3.08. The highest BCUT2D eigenvalue weighted by Gasteiger charge is 2.37. The Labute approximate surface area is 102 Å². The van der Waals surface area contributed by atoms with Crippen LogP contribution in [0.3, 0.4) is 0 Å². The molecule has 88 valence electrons. The molecule has 0 spiro atoms. The van der Waals surface area contributed by atoms with Crippen LogP contribution in [-0.2, 0) is 4.79 Å². The molecule has 1 atom stereocenters. The summed E-state index contributed by atoms with van der Waals surface area (Å²) in [5.74, 6) is 0.207. The molecule has 1 unspecified atom stereocenters. The maximum atomic E-state index is 12.3. The molecular formula is C15H17NO. The highest BCUT2D eigenvalue weighted by molar-refractivity contribution is 6.23. The molecule has 1 amide bonds. The molecule has 17 heavy (non-hydrogen) atoms. The molecule has 1 heterocycles. The molecule has 2 aliphatic rings. The third-order valence-corrected chi connectivity index (χ3v) is 3.96. The van der Waals surface area contributed by atoms with E-state index in [1.165, 1.54) is 18.4 Å². The van der Waals surface area contributed by atoms with Crippen LogP contribution in [0.5, 0.6) is 0 Å². The summed E-state index contributed by atoms with van der Waals surface area (Å²) in [5.41, 5.74) is 3.43. The number of carbonyl (C=O) groups is 1. The molecule has 1 fully saturated rings. The van der Waals surface area contributed by atoms with Gasteiger partial charge in [0.05, 0.1) is 6.04 Å². The van der Waals surface area contributed by atoms with E-state index >= 15 is 0 Å². The summed E-state index contributed by atoms with van der Waals surface area (Å²) in [6, 6.07) is 10.5. The highest BCUT2D eigenvalue weighted by Crippen LogP contribution is 2.39. The Morgan fingerprint density at radius 3 is 2.71 bits per heavy atom. The second-order valence-corrected chi connectivity index (χ2v) is 4.94. The van der Waals surface area contributed by atoms with Crippen molar-refractivity contribution in [3.63, 3.8) is 0 Å². The summed E-state index contributed by atoms with van der Waals surface area (Å²) >= 11 is 0. The van der Waals surface area contributed by atoms with Crippen molar-refractivity contribution < 1.29 is 4.79 Å². The number of likely N-dealkylation sites (N-methyl/N-ethyl adjacent to an activating group) is 1. The van der Waals surface area contributed by atoms with Crippen molar-refractivity contribution in [1.29, 1.82) is 0 Å². The number of hydrogen-bond acceptors (Lipinski definition) is 1. The number of fused-ring (bicyclic) bond motifs is 1. The molecule has 0 bridgehead atoms. The first-order valence-electron chi connectivity index (χ1n) is 6.34.